The summed E-state index contributed by atoms with van der Waals surface area (Å²) in [6.45, 7) is 2.96. The van der Waals surface area contributed by atoms with Gasteiger partial charge in [0.2, 0.25) is 0 Å². The summed E-state index contributed by atoms with van der Waals surface area (Å²) in [6, 6.07) is 8.45. The summed E-state index contributed by atoms with van der Waals surface area (Å²) in [5.41, 5.74) is 2.33. The topological polar surface area (TPSA) is 61.8 Å². The van der Waals surface area contributed by atoms with E-state index in [1.54, 1.807) is 0 Å². The fourth-order valence-corrected chi connectivity index (χ4v) is 3.03. The van der Waals surface area contributed by atoms with Gasteiger partial charge in [-0.05, 0) is 49.9 Å². The quantitative estimate of drug-likeness (QED) is 0.871. The molecule has 0 aliphatic carbocycles. The van der Waals surface area contributed by atoms with E-state index in [9.17, 15) is 4.79 Å². The molecular weight excluding hydrogens is 268 g/mol. The number of nitrogens with one attached hydrogen (secondary N) is 1. The highest BCUT2D eigenvalue weighted by Crippen LogP contribution is 2.23. The normalized spacial score (nSPS) is 25.2. The van der Waals surface area contributed by atoms with Gasteiger partial charge in [-0.1, -0.05) is 0 Å². The zero-order valence-corrected chi connectivity index (χ0v) is 12.1. The average Bonchev–Trinajstić information content (AvgIpc) is 3.17. The molecule has 21 heavy (non-hydrogen) atoms. The van der Waals surface area contributed by atoms with E-state index in [1.165, 1.54) is 18.5 Å². The van der Waals surface area contributed by atoms with Crippen LogP contribution in [-0.2, 0) is 9.53 Å². The average molecular weight is 290 g/mol. The van der Waals surface area contributed by atoms with Crippen LogP contribution >= 0.6 is 0 Å². The molecule has 1 aromatic carbocycles. The Morgan fingerprint density at radius 3 is 2.57 bits per heavy atom. The molecule has 1 aromatic rings. The second-order valence-electron chi connectivity index (χ2n) is 5.78. The van der Waals surface area contributed by atoms with Crippen molar-refractivity contribution in [2.45, 2.75) is 37.9 Å². The molecule has 2 aliphatic heterocycles. The number of hydrogen-bond donors (Lipinski definition) is 2. The maximum Gasteiger partial charge on any atom is 0.332 e. The predicted molar refractivity (Wildman–Crippen MR) is 81.9 cm³/mol. The molecule has 2 atom stereocenters. The number of benzene rings is 1. The van der Waals surface area contributed by atoms with Crippen LogP contribution in [0.5, 0.6) is 0 Å². The summed E-state index contributed by atoms with van der Waals surface area (Å²) in [6.07, 6.45) is 3.33. The molecule has 0 bridgehead atoms. The molecule has 0 radical (unpaired) electrons. The zero-order valence-electron chi connectivity index (χ0n) is 12.1. The summed E-state index contributed by atoms with van der Waals surface area (Å²) >= 11 is 0. The molecule has 2 fully saturated rings. The molecule has 0 saturated carbocycles. The second-order valence-corrected chi connectivity index (χ2v) is 5.78. The Morgan fingerprint density at radius 2 is 1.95 bits per heavy atom. The van der Waals surface area contributed by atoms with E-state index in [1.807, 2.05) is 0 Å². The largest absolute Gasteiger partial charge is 0.479 e. The Morgan fingerprint density at radius 1 is 1.24 bits per heavy atom. The van der Waals surface area contributed by atoms with Crippen LogP contribution in [0.15, 0.2) is 24.3 Å². The van der Waals surface area contributed by atoms with Gasteiger partial charge in [-0.3, -0.25) is 0 Å². The molecule has 5 heteroatoms. The third-order valence-corrected chi connectivity index (χ3v) is 4.26. The number of carbonyl (C=O) groups is 1. The number of anilines is 2. The molecule has 0 amide bonds. The molecule has 2 aliphatic rings. The first-order chi connectivity index (χ1) is 10.2. The van der Waals surface area contributed by atoms with Gasteiger partial charge in [-0.15, -0.1) is 0 Å². The second kappa shape index (κ2) is 6.35. The SMILES string of the molecule is O=C(O)C1CCC(CNc2ccc(N3CCCC3)cc2)O1. The molecular formula is C16H22N2O3. The molecule has 3 rings (SSSR count). The third kappa shape index (κ3) is 3.47. The summed E-state index contributed by atoms with van der Waals surface area (Å²) in [7, 11) is 0. The van der Waals surface area contributed by atoms with E-state index in [4.69, 9.17) is 9.84 Å². The first kappa shape index (κ1) is 14.2. The van der Waals surface area contributed by atoms with Crippen molar-refractivity contribution >= 4 is 17.3 Å². The predicted octanol–water partition coefficient (Wildman–Crippen LogP) is 2.33. The summed E-state index contributed by atoms with van der Waals surface area (Å²) in [5, 5.41) is 12.2. The molecule has 0 spiro atoms. The van der Waals surface area contributed by atoms with Crippen LogP contribution in [0.2, 0.25) is 0 Å². The number of nitrogens with zero attached hydrogens (tertiary/aromatic N) is 1. The van der Waals surface area contributed by atoms with Crippen molar-refractivity contribution < 1.29 is 14.6 Å². The van der Waals surface area contributed by atoms with Gasteiger partial charge in [0.15, 0.2) is 6.10 Å². The fourth-order valence-electron chi connectivity index (χ4n) is 3.03. The smallest absolute Gasteiger partial charge is 0.332 e. The monoisotopic (exact) mass is 290 g/mol. The number of carboxylic acid groups (broad SMARTS) is 1. The molecule has 114 valence electrons. The maximum absolute atomic E-state index is 10.8. The lowest BCUT2D eigenvalue weighted by Crippen LogP contribution is -2.24. The molecule has 2 N–H and O–H groups in total. The van der Waals surface area contributed by atoms with Crippen molar-refractivity contribution in [3.8, 4) is 0 Å². The Hall–Kier alpha value is -1.75. The van der Waals surface area contributed by atoms with Crippen LogP contribution in [0.25, 0.3) is 0 Å². The maximum atomic E-state index is 10.8. The lowest BCUT2D eigenvalue weighted by atomic mass is 10.2. The first-order valence-corrected chi connectivity index (χ1v) is 7.69. The van der Waals surface area contributed by atoms with Gasteiger partial charge in [0, 0.05) is 31.0 Å². The van der Waals surface area contributed by atoms with Crippen molar-refractivity contribution in [3.05, 3.63) is 24.3 Å². The van der Waals surface area contributed by atoms with Crippen LogP contribution < -0.4 is 10.2 Å². The van der Waals surface area contributed by atoms with Crippen molar-refractivity contribution in [2.75, 3.05) is 29.9 Å². The molecule has 5 nitrogen and oxygen atoms in total. The lowest BCUT2D eigenvalue weighted by Gasteiger charge is -2.18. The molecule has 0 aromatic heterocycles. The lowest BCUT2D eigenvalue weighted by molar-refractivity contribution is -0.149. The number of rotatable bonds is 5. The minimum Gasteiger partial charge on any atom is -0.479 e. The standard InChI is InChI=1S/C16H22N2O3/c19-16(20)15-8-7-14(21-15)11-17-12-3-5-13(6-4-12)18-9-1-2-10-18/h3-6,14-15,17H,1-2,7-11H2,(H,19,20). The van der Waals surface area contributed by atoms with Crippen molar-refractivity contribution in [3.63, 3.8) is 0 Å². The highest BCUT2D eigenvalue weighted by atomic mass is 16.5. The Labute approximate surface area is 124 Å². The Bertz CT molecular complexity index is 483. The van der Waals surface area contributed by atoms with Crippen LogP contribution in [0.1, 0.15) is 25.7 Å². The number of carboxylic acids is 1. The van der Waals surface area contributed by atoms with E-state index in [0.29, 0.717) is 13.0 Å². The van der Waals surface area contributed by atoms with Gasteiger partial charge in [0.1, 0.15) is 0 Å². The number of hydrogen-bond acceptors (Lipinski definition) is 4. The molecule has 2 saturated heterocycles. The van der Waals surface area contributed by atoms with Crippen molar-refractivity contribution in [2.24, 2.45) is 0 Å². The van der Waals surface area contributed by atoms with E-state index in [-0.39, 0.29) is 6.10 Å². The van der Waals surface area contributed by atoms with Gasteiger partial charge in [-0.2, -0.15) is 0 Å². The van der Waals surface area contributed by atoms with Crippen molar-refractivity contribution in [1.82, 2.24) is 0 Å². The Balaban J connectivity index is 1.48. The van der Waals surface area contributed by atoms with Crippen LogP contribution in [0, 0.1) is 0 Å². The highest BCUT2D eigenvalue weighted by Gasteiger charge is 2.30. The van der Waals surface area contributed by atoms with E-state index in [0.717, 1.165) is 25.2 Å². The van der Waals surface area contributed by atoms with Gasteiger partial charge in [0.25, 0.3) is 0 Å². The minimum atomic E-state index is -0.854. The number of aliphatic carboxylic acids is 1. The van der Waals surface area contributed by atoms with E-state index >= 15 is 0 Å². The Kier molecular flexibility index (Phi) is 4.29. The summed E-state index contributed by atoms with van der Waals surface area (Å²) in [5.74, 6) is -0.854. The zero-order chi connectivity index (χ0) is 14.7. The van der Waals surface area contributed by atoms with E-state index < -0.39 is 12.1 Å². The van der Waals surface area contributed by atoms with Gasteiger partial charge in [0.05, 0.1) is 6.10 Å². The third-order valence-electron chi connectivity index (χ3n) is 4.26. The van der Waals surface area contributed by atoms with E-state index in [2.05, 4.69) is 34.5 Å². The van der Waals surface area contributed by atoms with Gasteiger partial charge >= 0.3 is 5.97 Å². The minimum absolute atomic E-state index is 0.00985. The molecule has 2 unspecified atom stereocenters. The van der Waals surface area contributed by atoms with Crippen molar-refractivity contribution in [1.29, 1.82) is 0 Å². The first-order valence-electron chi connectivity index (χ1n) is 7.69. The number of ether oxygens (including phenoxy) is 1. The van der Waals surface area contributed by atoms with Crippen LogP contribution in [0.4, 0.5) is 11.4 Å². The molecule has 2 heterocycles. The van der Waals surface area contributed by atoms with Crippen LogP contribution in [0.3, 0.4) is 0 Å². The van der Waals surface area contributed by atoms with Gasteiger partial charge in [-0.25, -0.2) is 4.79 Å². The summed E-state index contributed by atoms with van der Waals surface area (Å²) in [4.78, 5) is 13.2. The summed E-state index contributed by atoms with van der Waals surface area (Å²) < 4.78 is 5.48. The van der Waals surface area contributed by atoms with Gasteiger partial charge < -0.3 is 20.1 Å². The van der Waals surface area contributed by atoms with Crippen LogP contribution in [-0.4, -0.2) is 42.9 Å². The highest BCUT2D eigenvalue weighted by molar-refractivity contribution is 5.72. The fraction of sp³-hybridized carbons (Fsp3) is 0.562.